The lowest BCUT2D eigenvalue weighted by Crippen LogP contribution is -2.06. The van der Waals surface area contributed by atoms with Crippen molar-refractivity contribution in [1.29, 1.82) is 0 Å². The first-order valence-electron chi connectivity index (χ1n) is 6.14. The van der Waals surface area contributed by atoms with Gasteiger partial charge in [-0.1, -0.05) is 17.7 Å². The number of halogens is 2. The molecule has 3 aromatic rings. The first-order valence-corrected chi connectivity index (χ1v) is 6.14. The molecule has 20 heavy (non-hydrogen) atoms. The first kappa shape index (κ1) is 12.5. The van der Waals surface area contributed by atoms with Crippen molar-refractivity contribution in [2.45, 2.75) is 6.92 Å². The summed E-state index contributed by atoms with van der Waals surface area (Å²) < 4.78 is 27.4. The summed E-state index contributed by atoms with van der Waals surface area (Å²) in [7, 11) is 0. The van der Waals surface area contributed by atoms with Gasteiger partial charge in [-0.25, -0.2) is 8.78 Å². The van der Waals surface area contributed by atoms with Crippen molar-refractivity contribution in [2.75, 3.05) is 0 Å². The van der Waals surface area contributed by atoms with Crippen molar-refractivity contribution >= 4 is 16.7 Å². The van der Waals surface area contributed by atoms with Gasteiger partial charge in [-0.3, -0.25) is 4.79 Å². The van der Waals surface area contributed by atoms with Crippen LogP contribution in [0, 0.1) is 18.6 Å². The normalized spacial score (nSPS) is 10.9. The molecule has 1 aromatic heterocycles. The molecule has 0 aliphatic heterocycles. The Morgan fingerprint density at radius 2 is 1.80 bits per heavy atom. The largest absolute Gasteiger partial charge is 0.360 e. The number of benzene rings is 2. The van der Waals surface area contributed by atoms with Gasteiger partial charge in [0.25, 0.3) is 0 Å². The maximum absolute atomic E-state index is 13.7. The van der Waals surface area contributed by atoms with Gasteiger partial charge in [-0.2, -0.15) is 0 Å². The standard InChI is InChI=1S/C16H11F2NO/c1-9-5-6-14-10(7-9)11(8-19-14)16(20)15-12(17)3-2-4-13(15)18/h2-8,19H,1H3. The monoisotopic (exact) mass is 271 g/mol. The van der Waals surface area contributed by atoms with Crippen LogP contribution in [-0.4, -0.2) is 10.8 Å². The number of aromatic nitrogens is 1. The number of aromatic amines is 1. The predicted molar refractivity (Wildman–Crippen MR) is 72.8 cm³/mol. The number of aryl methyl sites for hydroxylation is 1. The number of fused-ring (bicyclic) bond motifs is 1. The Morgan fingerprint density at radius 1 is 1.10 bits per heavy atom. The van der Waals surface area contributed by atoms with Crippen molar-refractivity contribution in [1.82, 2.24) is 4.98 Å². The Hall–Kier alpha value is -2.49. The van der Waals surface area contributed by atoms with Gasteiger partial charge < -0.3 is 4.98 Å². The van der Waals surface area contributed by atoms with Crippen LogP contribution in [0.3, 0.4) is 0 Å². The number of rotatable bonds is 2. The fourth-order valence-electron chi connectivity index (χ4n) is 2.27. The highest BCUT2D eigenvalue weighted by atomic mass is 19.1. The topological polar surface area (TPSA) is 32.9 Å². The van der Waals surface area contributed by atoms with Crippen molar-refractivity contribution in [3.8, 4) is 0 Å². The summed E-state index contributed by atoms with van der Waals surface area (Å²) in [5, 5.41) is 0.664. The van der Waals surface area contributed by atoms with E-state index in [9.17, 15) is 13.6 Å². The first-order chi connectivity index (χ1) is 9.58. The molecule has 0 atom stereocenters. The minimum Gasteiger partial charge on any atom is -0.360 e. The number of ketones is 1. The van der Waals surface area contributed by atoms with Crippen LogP contribution in [0.5, 0.6) is 0 Å². The summed E-state index contributed by atoms with van der Waals surface area (Å²) in [5.41, 5.74) is 1.48. The van der Waals surface area contributed by atoms with Crippen molar-refractivity contribution in [3.63, 3.8) is 0 Å². The Labute approximate surface area is 114 Å². The molecule has 0 fully saturated rings. The van der Waals surface area contributed by atoms with E-state index in [2.05, 4.69) is 4.98 Å². The van der Waals surface area contributed by atoms with Crippen LogP contribution < -0.4 is 0 Å². The van der Waals surface area contributed by atoms with Crippen LogP contribution in [0.2, 0.25) is 0 Å². The van der Waals surface area contributed by atoms with E-state index in [0.29, 0.717) is 5.39 Å². The number of hydrogen-bond acceptors (Lipinski definition) is 1. The van der Waals surface area contributed by atoms with E-state index >= 15 is 0 Å². The number of H-pyrrole nitrogens is 1. The fourth-order valence-corrected chi connectivity index (χ4v) is 2.27. The van der Waals surface area contributed by atoms with Gasteiger partial charge in [-0.15, -0.1) is 0 Å². The van der Waals surface area contributed by atoms with Crippen LogP contribution in [0.1, 0.15) is 21.5 Å². The summed E-state index contributed by atoms with van der Waals surface area (Å²) in [6, 6.07) is 8.95. The van der Waals surface area contributed by atoms with Crippen LogP contribution in [0.4, 0.5) is 8.78 Å². The average Bonchev–Trinajstić information content (AvgIpc) is 2.81. The van der Waals surface area contributed by atoms with Gasteiger partial charge in [0.05, 0.1) is 5.56 Å². The number of hydrogen-bond donors (Lipinski definition) is 1. The second kappa shape index (κ2) is 4.56. The van der Waals surface area contributed by atoms with Gasteiger partial charge in [0, 0.05) is 22.7 Å². The van der Waals surface area contributed by atoms with E-state index in [-0.39, 0.29) is 5.56 Å². The quantitative estimate of drug-likeness (QED) is 0.702. The summed E-state index contributed by atoms with van der Waals surface area (Å²) in [4.78, 5) is 15.3. The molecule has 0 amide bonds. The SMILES string of the molecule is Cc1ccc2[nH]cc(C(=O)c3c(F)cccc3F)c2c1. The summed E-state index contributed by atoms with van der Waals surface area (Å²) >= 11 is 0. The molecule has 0 saturated carbocycles. The minimum absolute atomic E-state index is 0.271. The average molecular weight is 271 g/mol. The van der Waals surface area contributed by atoms with Crippen molar-refractivity contribution in [3.05, 3.63) is 70.9 Å². The zero-order valence-electron chi connectivity index (χ0n) is 10.7. The zero-order valence-corrected chi connectivity index (χ0v) is 10.7. The Bertz CT molecular complexity index is 800. The maximum Gasteiger partial charge on any atom is 0.201 e. The molecule has 0 radical (unpaired) electrons. The van der Waals surface area contributed by atoms with Gasteiger partial charge >= 0.3 is 0 Å². The molecule has 3 rings (SSSR count). The summed E-state index contributed by atoms with van der Waals surface area (Å²) in [6.07, 6.45) is 1.48. The van der Waals surface area contributed by atoms with Crippen LogP contribution >= 0.6 is 0 Å². The molecule has 100 valence electrons. The lowest BCUT2D eigenvalue weighted by Gasteiger charge is -2.03. The van der Waals surface area contributed by atoms with E-state index < -0.39 is 23.0 Å². The number of nitrogens with one attached hydrogen (secondary N) is 1. The molecule has 0 bridgehead atoms. The van der Waals surface area contributed by atoms with Crippen molar-refractivity contribution < 1.29 is 13.6 Å². The third kappa shape index (κ3) is 1.90. The highest BCUT2D eigenvalue weighted by Crippen LogP contribution is 2.24. The van der Waals surface area contributed by atoms with E-state index in [4.69, 9.17) is 0 Å². The number of carbonyl (C=O) groups is 1. The molecular formula is C16H11F2NO. The smallest absolute Gasteiger partial charge is 0.201 e. The molecule has 0 saturated heterocycles. The molecule has 0 spiro atoms. The van der Waals surface area contributed by atoms with E-state index in [1.165, 1.54) is 12.3 Å². The lowest BCUT2D eigenvalue weighted by atomic mass is 10.0. The van der Waals surface area contributed by atoms with E-state index in [1.807, 2.05) is 25.1 Å². The van der Waals surface area contributed by atoms with Crippen molar-refractivity contribution in [2.24, 2.45) is 0 Å². The summed E-state index contributed by atoms with van der Waals surface area (Å²) in [5.74, 6) is -2.36. The van der Waals surface area contributed by atoms with Gasteiger partial charge in [0.1, 0.15) is 11.6 Å². The molecule has 0 unspecified atom stereocenters. The second-order valence-electron chi connectivity index (χ2n) is 4.68. The lowest BCUT2D eigenvalue weighted by molar-refractivity contribution is 0.103. The summed E-state index contributed by atoms with van der Waals surface area (Å²) in [6.45, 7) is 1.89. The third-order valence-electron chi connectivity index (χ3n) is 3.27. The maximum atomic E-state index is 13.7. The van der Waals surface area contributed by atoms with Crippen LogP contribution in [0.15, 0.2) is 42.6 Å². The minimum atomic E-state index is -0.850. The van der Waals surface area contributed by atoms with Crippen LogP contribution in [0.25, 0.3) is 10.9 Å². The zero-order chi connectivity index (χ0) is 14.3. The van der Waals surface area contributed by atoms with E-state index in [0.717, 1.165) is 23.2 Å². The van der Waals surface area contributed by atoms with E-state index in [1.54, 1.807) is 0 Å². The van der Waals surface area contributed by atoms with Gasteiger partial charge in [0.15, 0.2) is 0 Å². The molecule has 1 heterocycles. The van der Waals surface area contributed by atoms with Crippen LogP contribution in [-0.2, 0) is 0 Å². The molecule has 0 aliphatic carbocycles. The molecular weight excluding hydrogens is 260 g/mol. The second-order valence-corrected chi connectivity index (χ2v) is 4.68. The Morgan fingerprint density at radius 3 is 2.50 bits per heavy atom. The molecule has 2 nitrogen and oxygen atoms in total. The predicted octanol–water partition coefficient (Wildman–Crippen LogP) is 3.99. The third-order valence-corrected chi connectivity index (χ3v) is 3.27. The number of carbonyl (C=O) groups excluding carboxylic acids is 1. The Balaban J connectivity index is 2.21. The van der Waals surface area contributed by atoms with Gasteiger partial charge in [-0.05, 0) is 31.2 Å². The van der Waals surface area contributed by atoms with Gasteiger partial charge in [0.2, 0.25) is 5.78 Å². The molecule has 0 aliphatic rings. The Kier molecular flexibility index (Phi) is 2.86. The highest BCUT2D eigenvalue weighted by molar-refractivity contribution is 6.16. The fraction of sp³-hybridized carbons (Fsp3) is 0.0625. The molecule has 4 heteroatoms. The molecule has 1 N–H and O–H groups in total. The molecule has 2 aromatic carbocycles. The highest BCUT2D eigenvalue weighted by Gasteiger charge is 2.21.